The molecule has 20 heavy (non-hydrogen) atoms. The van der Waals surface area contributed by atoms with Gasteiger partial charge in [-0.25, -0.2) is 0 Å². The lowest BCUT2D eigenvalue weighted by molar-refractivity contribution is 0.318. The third-order valence-corrected chi connectivity index (χ3v) is 4.00. The van der Waals surface area contributed by atoms with E-state index < -0.39 is 0 Å². The fourth-order valence-electron chi connectivity index (χ4n) is 2.90. The molecule has 1 aliphatic rings. The standard InChI is InChI=1S/C18H21NO/c1-13-6-8-14(9-7-13)10-16(19)11-15-12-20-18-5-3-2-4-17(15)18/h2-9,15-16H,10-12,19H2,1H3. The molecule has 2 unspecified atom stereocenters. The van der Waals surface area contributed by atoms with E-state index in [-0.39, 0.29) is 6.04 Å². The lowest BCUT2D eigenvalue weighted by atomic mass is 9.91. The first-order valence-corrected chi connectivity index (χ1v) is 7.25. The highest BCUT2D eigenvalue weighted by Gasteiger charge is 2.25. The van der Waals surface area contributed by atoms with Crippen LogP contribution in [0.15, 0.2) is 48.5 Å². The van der Waals surface area contributed by atoms with E-state index in [1.54, 1.807) is 0 Å². The zero-order valence-electron chi connectivity index (χ0n) is 11.9. The molecule has 0 saturated heterocycles. The summed E-state index contributed by atoms with van der Waals surface area (Å²) in [5.41, 5.74) is 10.2. The maximum Gasteiger partial charge on any atom is 0.122 e. The second-order valence-electron chi connectivity index (χ2n) is 5.73. The van der Waals surface area contributed by atoms with Crippen LogP contribution in [0.2, 0.25) is 0 Å². The van der Waals surface area contributed by atoms with Crippen LogP contribution < -0.4 is 10.5 Å². The Kier molecular flexibility index (Phi) is 3.75. The summed E-state index contributed by atoms with van der Waals surface area (Å²) < 4.78 is 5.72. The van der Waals surface area contributed by atoms with Gasteiger partial charge in [0.05, 0.1) is 6.61 Å². The predicted molar refractivity (Wildman–Crippen MR) is 82.2 cm³/mol. The maximum absolute atomic E-state index is 6.33. The molecule has 0 spiro atoms. The van der Waals surface area contributed by atoms with Crippen molar-refractivity contribution in [3.8, 4) is 5.75 Å². The van der Waals surface area contributed by atoms with Crippen molar-refractivity contribution in [3.05, 3.63) is 65.2 Å². The van der Waals surface area contributed by atoms with E-state index in [1.165, 1.54) is 16.7 Å². The van der Waals surface area contributed by atoms with Crippen LogP contribution in [0.5, 0.6) is 5.75 Å². The number of aryl methyl sites for hydroxylation is 1. The lowest BCUT2D eigenvalue weighted by Gasteiger charge is -2.16. The molecule has 1 aliphatic heterocycles. The molecule has 0 aliphatic carbocycles. The van der Waals surface area contributed by atoms with Crippen molar-refractivity contribution < 1.29 is 4.74 Å². The number of ether oxygens (including phenoxy) is 1. The Bertz CT molecular complexity index is 576. The highest BCUT2D eigenvalue weighted by atomic mass is 16.5. The van der Waals surface area contributed by atoms with E-state index in [0.29, 0.717) is 5.92 Å². The van der Waals surface area contributed by atoms with Crippen LogP contribution in [0.1, 0.15) is 29.0 Å². The maximum atomic E-state index is 6.33. The van der Waals surface area contributed by atoms with E-state index in [0.717, 1.165) is 25.2 Å². The molecule has 2 aromatic carbocycles. The summed E-state index contributed by atoms with van der Waals surface area (Å²) in [6.45, 7) is 2.87. The minimum Gasteiger partial charge on any atom is -0.493 e. The molecule has 0 saturated carbocycles. The van der Waals surface area contributed by atoms with Gasteiger partial charge in [0, 0.05) is 17.5 Å². The Morgan fingerprint density at radius 2 is 1.90 bits per heavy atom. The summed E-state index contributed by atoms with van der Waals surface area (Å²) >= 11 is 0. The summed E-state index contributed by atoms with van der Waals surface area (Å²) in [4.78, 5) is 0. The minimum atomic E-state index is 0.178. The third kappa shape index (κ3) is 2.86. The Balaban J connectivity index is 1.62. The number of benzene rings is 2. The molecule has 3 rings (SSSR count). The lowest BCUT2D eigenvalue weighted by Crippen LogP contribution is -2.26. The van der Waals surface area contributed by atoms with Gasteiger partial charge in [-0.3, -0.25) is 0 Å². The largest absolute Gasteiger partial charge is 0.493 e. The van der Waals surface area contributed by atoms with Gasteiger partial charge in [0.2, 0.25) is 0 Å². The SMILES string of the molecule is Cc1ccc(CC(N)CC2COc3ccccc32)cc1. The van der Waals surface area contributed by atoms with E-state index in [4.69, 9.17) is 10.5 Å². The van der Waals surface area contributed by atoms with Crippen molar-refractivity contribution in [2.45, 2.75) is 31.7 Å². The molecule has 2 N–H and O–H groups in total. The predicted octanol–water partition coefficient (Wildman–Crippen LogP) is 3.43. The first-order valence-electron chi connectivity index (χ1n) is 7.25. The number of nitrogens with two attached hydrogens (primary N) is 1. The van der Waals surface area contributed by atoms with Gasteiger partial charge in [-0.05, 0) is 31.4 Å². The highest BCUT2D eigenvalue weighted by molar-refractivity contribution is 5.39. The van der Waals surface area contributed by atoms with Crippen LogP contribution in [0.4, 0.5) is 0 Å². The van der Waals surface area contributed by atoms with Crippen molar-refractivity contribution in [3.63, 3.8) is 0 Å². The van der Waals surface area contributed by atoms with Crippen LogP contribution in [-0.2, 0) is 6.42 Å². The number of rotatable bonds is 4. The van der Waals surface area contributed by atoms with Crippen LogP contribution in [0, 0.1) is 6.92 Å². The molecular formula is C18H21NO. The second kappa shape index (κ2) is 5.68. The molecule has 2 nitrogen and oxygen atoms in total. The van der Waals surface area contributed by atoms with Crippen LogP contribution >= 0.6 is 0 Å². The molecule has 0 fully saturated rings. The summed E-state index contributed by atoms with van der Waals surface area (Å²) in [7, 11) is 0. The van der Waals surface area contributed by atoms with Crippen LogP contribution in [0.25, 0.3) is 0 Å². The van der Waals surface area contributed by atoms with E-state index in [1.807, 2.05) is 12.1 Å². The molecule has 1 heterocycles. The summed E-state index contributed by atoms with van der Waals surface area (Å²) in [6.07, 6.45) is 1.91. The van der Waals surface area contributed by atoms with Crippen molar-refractivity contribution in [1.82, 2.24) is 0 Å². The zero-order valence-corrected chi connectivity index (χ0v) is 11.9. The molecule has 104 valence electrons. The molecule has 0 bridgehead atoms. The van der Waals surface area contributed by atoms with Crippen molar-refractivity contribution in [2.75, 3.05) is 6.61 Å². The summed E-state index contributed by atoms with van der Waals surface area (Å²) in [5.74, 6) is 1.46. The summed E-state index contributed by atoms with van der Waals surface area (Å²) in [6, 6.07) is 17.1. The van der Waals surface area contributed by atoms with Crippen LogP contribution in [-0.4, -0.2) is 12.6 Å². The van der Waals surface area contributed by atoms with Gasteiger partial charge >= 0.3 is 0 Å². The topological polar surface area (TPSA) is 35.2 Å². The van der Waals surface area contributed by atoms with Gasteiger partial charge in [-0.2, -0.15) is 0 Å². The first kappa shape index (κ1) is 13.2. The fourth-order valence-corrected chi connectivity index (χ4v) is 2.90. The molecular weight excluding hydrogens is 246 g/mol. The fraction of sp³-hybridized carbons (Fsp3) is 0.333. The van der Waals surface area contributed by atoms with Gasteiger partial charge in [-0.1, -0.05) is 48.0 Å². The van der Waals surface area contributed by atoms with Gasteiger partial charge in [0.25, 0.3) is 0 Å². The zero-order chi connectivity index (χ0) is 13.9. The number of fused-ring (bicyclic) bond motifs is 1. The Morgan fingerprint density at radius 3 is 2.70 bits per heavy atom. The monoisotopic (exact) mass is 267 g/mol. The number of hydrogen-bond acceptors (Lipinski definition) is 2. The third-order valence-electron chi connectivity index (χ3n) is 4.00. The quantitative estimate of drug-likeness (QED) is 0.921. The van der Waals surface area contributed by atoms with E-state index >= 15 is 0 Å². The Labute approximate surface area is 120 Å². The molecule has 2 atom stereocenters. The van der Waals surface area contributed by atoms with Crippen molar-refractivity contribution in [1.29, 1.82) is 0 Å². The van der Waals surface area contributed by atoms with Crippen molar-refractivity contribution >= 4 is 0 Å². The van der Waals surface area contributed by atoms with Gasteiger partial charge in [0.15, 0.2) is 0 Å². The van der Waals surface area contributed by atoms with Gasteiger partial charge in [-0.15, -0.1) is 0 Å². The van der Waals surface area contributed by atoms with E-state index in [2.05, 4.69) is 43.3 Å². The molecule has 0 aromatic heterocycles. The second-order valence-corrected chi connectivity index (χ2v) is 5.73. The Hall–Kier alpha value is -1.80. The number of hydrogen-bond donors (Lipinski definition) is 1. The van der Waals surface area contributed by atoms with E-state index in [9.17, 15) is 0 Å². The van der Waals surface area contributed by atoms with Crippen LogP contribution in [0.3, 0.4) is 0 Å². The minimum absolute atomic E-state index is 0.178. The molecule has 2 heteroatoms. The Morgan fingerprint density at radius 1 is 1.15 bits per heavy atom. The molecule has 0 radical (unpaired) electrons. The van der Waals surface area contributed by atoms with Gasteiger partial charge < -0.3 is 10.5 Å². The average Bonchev–Trinajstić information content (AvgIpc) is 2.85. The number of para-hydroxylation sites is 1. The molecule has 0 amide bonds. The highest BCUT2D eigenvalue weighted by Crippen LogP contribution is 2.36. The smallest absolute Gasteiger partial charge is 0.122 e. The average molecular weight is 267 g/mol. The summed E-state index contributed by atoms with van der Waals surface area (Å²) in [5, 5.41) is 0. The van der Waals surface area contributed by atoms with Crippen molar-refractivity contribution in [2.24, 2.45) is 5.73 Å². The molecule has 2 aromatic rings. The normalized spacial score (nSPS) is 18.4. The first-order chi connectivity index (χ1) is 9.72. The van der Waals surface area contributed by atoms with Gasteiger partial charge in [0.1, 0.15) is 5.75 Å².